The molecule has 3 aromatic rings. The first kappa shape index (κ1) is 12.7. The second kappa shape index (κ2) is 5.78. The molecule has 0 aliphatic carbocycles. The monoisotopic (exact) mass is 303 g/mol. The second-order valence-corrected chi connectivity index (χ2v) is 6.54. The van der Waals surface area contributed by atoms with Gasteiger partial charge in [0.2, 0.25) is 0 Å². The minimum absolute atomic E-state index is 0.758. The van der Waals surface area contributed by atoms with E-state index in [0.717, 1.165) is 25.5 Å². The van der Waals surface area contributed by atoms with E-state index in [1.54, 1.807) is 23.1 Å². The van der Waals surface area contributed by atoms with E-state index in [4.69, 9.17) is 11.6 Å². The number of nitrogens with zero attached hydrogens (tertiary/aromatic N) is 1. The van der Waals surface area contributed by atoms with E-state index in [9.17, 15) is 0 Å². The lowest BCUT2D eigenvalue weighted by Gasteiger charge is -1.97. The molecule has 0 radical (unpaired) electrons. The highest BCUT2D eigenvalue weighted by Crippen LogP contribution is 2.33. The van der Waals surface area contributed by atoms with Gasteiger partial charge in [0.05, 0.1) is 5.69 Å². The van der Waals surface area contributed by atoms with Gasteiger partial charge >= 0.3 is 0 Å². The summed E-state index contributed by atoms with van der Waals surface area (Å²) in [6.45, 7) is 0. The molecule has 4 heteroatoms. The highest BCUT2D eigenvalue weighted by molar-refractivity contribution is 8.01. The molecule has 0 saturated carbocycles. The molecule has 1 nitrogen and oxygen atoms in total. The number of halogens is 1. The molecule has 94 valence electrons. The standard InChI is InChI=1S/C15H10ClNS2/c16-12-6-8-13(9-7-12)19-15-17-14(10-18-15)11-4-2-1-3-5-11/h1-10H. The Labute approximate surface area is 125 Å². The Balaban J connectivity index is 1.80. The van der Waals surface area contributed by atoms with Crippen molar-refractivity contribution >= 4 is 34.7 Å². The van der Waals surface area contributed by atoms with Gasteiger partial charge in [0, 0.05) is 20.9 Å². The summed E-state index contributed by atoms with van der Waals surface area (Å²) < 4.78 is 1.04. The van der Waals surface area contributed by atoms with Crippen molar-refractivity contribution in [3.63, 3.8) is 0 Å². The van der Waals surface area contributed by atoms with E-state index in [1.807, 2.05) is 42.5 Å². The van der Waals surface area contributed by atoms with Crippen LogP contribution in [-0.4, -0.2) is 4.98 Å². The summed E-state index contributed by atoms with van der Waals surface area (Å²) in [4.78, 5) is 5.80. The molecule has 0 saturated heterocycles. The second-order valence-electron chi connectivity index (χ2n) is 3.92. The van der Waals surface area contributed by atoms with Gasteiger partial charge in [0.15, 0.2) is 4.34 Å². The minimum atomic E-state index is 0.758. The summed E-state index contributed by atoms with van der Waals surface area (Å²) in [6, 6.07) is 18.0. The Morgan fingerprint density at radius 1 is 0.947 bits per heavy atom. The van der Waals surface area contributed by atoms with E-state index in [-0.39, 0.29) is 0 Å². The fourth-order valence-corrected chi connectivity index (χ4v) is 3.57. The fraction of sp³-hybridized carbons (Fsp3) is 0. The smallest absolute Gasteiger partial charge is 0.155 e. The third kappa shape index (κ3) is 3.18. The predicted molar refractivity (Wildman–Crippen MR) is 83.1 cm³/mol. The van der Waals surface area contributed by atoms with Crippen LogP contribution in [0.2, 0.25) is 5.02 Å². The van der Waals surface area contributed by atoms with Crippen LogP contribution in [0.15, 0.2) is 69.2 Å². The van der Waals surface area contributed by atoms with Crippen molar-refractivity contribution in [1.82, 2.24) is 4.98 Å². The van der Waals surface area contributed by atoms with Gasteiger partial charge in [-0.3, -0.25) is 0 Å². The van der Waals surface area contributed by atoms with Gasteiger partial charge in [-0.05, 0) is 24.3 Å². The molecule has 0 fully saturated rings. The van der Waals surface area contributed by atoms with Crippen molar-refractivity contribution in [2.24, 2.45) is 0 Å². The Morgan fingerprint density at radius 3 is 2.42 bits per heavy atom. The van der Waals surface area contributed by atoms with Gasteiger partial charge in [0.25, 0.3) is 0 Å². The highest BCUT2D eigenvalue weighted by atomic mass is 35.5. The first-order chi connectivity index (χ1) is 9.31. The lowest BCUT2D eigenvalue weighted by atomic mass is 10.2. The van der Waals surface area contributed by atoms with E-state index in [1.165, 1.54) is 0 Å². The average Bonchev–Trinajstić information content (AvgIpc) is 2.91. The maximum absolute atomic E-state index is 5.88. The Bertz CT molecular complexity index is 662. The number of thiazole rings is 1. The first-order valence-corrected chi connectivity index (χ1v) is 7.83. The van der Waals surface area contributed by atoms with Crippen molar-refractivity contribution in [3.05, 3.63) is 65.0 Å². The summed E-state index contributed by atoms with van der Waals surface area (Å²) in [5.41, 5.74) is 2.18. The molecule has 19 heavy (non-hydrogen) atoms. The molecule has 1 aromatic heterocycles. The van der Waals surface area contributed by atoms with E-state index >= 15 is 0 Å². The number of hydrogen-bond donors (Lipinski definition) is 0. The molecule has 0 atom stereocenters. The number of benzene rings is 2. The molecule has 1 heterocycles. The molecular formula is C15H10ClNS2. The molecule has 0 spiro atoms. The van der Waals surface area contributed by atoms with Crippen LogP contribution >= 0.6 is 34.7 Å². The van der Waals surface area contributed by atoms with Crippen LogP contribution < -0.4 is 0 Å². The molecule has 0 N–H and O–H groups in total. The van der Waals surface area contributed by atoms with Gasteiger partial charge in [0.1, 0.15) is 0 Å². The zero-order chi connectivity index (χ0) is 13.1. The Kier molecular flexibility index (Phi) is 3.87. The van der Waals surface area contributed by atoms with Crippen LogP contribution in [0.4, 0.5) is 0 Å². The minimum Gasteiger partial charge on any atom is -0.229 e. The van der Waals surface area contributed by atoms with E-state index < -0.39 is 0 Å². The van der Waals surface area contributed by atoms with Gasteiger partial charge in [-0.15, -0.1) is 11.3 Å². The van der Waals surface area contributed by atoms with E-state index in [2.05, 4.69) is 22.5 Å². The molecule has 0 unspecified atom stereocenters. The number of rotatable bonds is 3. The number of aromatic nitrogens is 1. The SMILES string of the molecule is Clc1ccc(Sc2nc(-c3ccccc3)cs2)cc1. The summed E-state index contributed by atoms with van der Waals surface area (Å²) in [5, 5.41) is 2.85. The summed E-state index contributed by atoms with van der Waals surface area (Å²) in [5.74, 6) is 0. The van der Waals surface area contributed by atoms with Crippen LogP contribution in [0.5, 0.6) is 0 Å². The highest BCUT2D eigenvalue weighted by Gasteiger charge is 2.05. The molecule has 0 aliphatic rings. The first-order valence-electron chi connectivity index (χ1n) is 5.75. The van der Waals surface area contributed by atoms with Gasteiger partial charge < -0.3 is 0 Å². The van der Waals surface area contributed by atoms with Crippen molar-refractivity contribution in [1.29, 1.82) is 0 Å². The fourth-order valence-electron chi connectivity index (χ4n) is 1.65. The molecule has 0 amide bonds. The van der Waals surface area contributed by atoms with E-state index in [0.29, 0.717) is 0 Å². The van der Waals surface area contributed by atoms with Crippen molar-refractivity contribution in [2.75, 3.05) is 0 Å². The molecule has 2 aromatic carbocycles. The summed E-state index contributed by atoms with van der Waals surface area (Å²) >= 11 is 9.20. The van der Waals surface area contributed by atoms with Crippen molar-refractivity contribution < 1.29 is 0 Å². The predicted octanol–water partition coefficient (Wildman–Crippen LogP) is 5.61. The largest absolute Gasteiger partial charge is 0.229 e. The quantitative estimate of drug-likeness (QED) is 0.623. The molecular weight excluding hydrogens is 294 g/mol. The normalized spacial score (nSPS) is 10.6. The maximum Gasteiger partial charge on any atom is 0.155 e. The molecule has 3 rings (SSSR count). The van der Waals surface area contributed by atoms with Gasteiger partial charge in [-0.2, -0.15) is 0 Å². The summed E-state index contributed by atoms with van der Waals surface area (Å²) in [7, 11) is 0. The Morgan fingerprint density at radius 2 is 1.68 bits per heavy atom. The molecule has 0 aliphatic heterocycles. The van der Waals surface area contributed by atoms with Crippen LogP contribution in [0.1, 0.15) is 0 Å². The lowest BCUT2D eigenvalue weighted by Crippen LogP contribution is -1.77. The van der Waals surface area contributed by atoms with Crippen molar-refractivity contribution in [3.8, 4) is 11.3 Å². The summed E-state index contributed by atoms with van der Waals surface area (Å²) in [6.07, 6.45) is 0. The topological polar surface area (TPSA) is 12.9 Å². The zero-order valence-electron chi connectivity index (χ0n) is 9.92. The Hall–Kier alpha value is -1.29. The van der Waals surface area contributed by atoms with Crippen molar-refractivity contribution in [2.45, 2.75) is 9.24 Å². The third-order valence-electron chi connectivity index (χ3n) is 2.57. The van der Waals surface area contributed by atoms with Crippen LogP contribution in [0.25, 0.3) is 11.3 Å². The van der Waals surface area contributed by atoms with Crippen LogP contribution in [0.3, 0.4) is 0 Å². The maximum atomic E-state index is 5.88. The van der Waals surface area contributed by atoms with Gasteiger partial charge in [-0.25, -0.2) is 4.98 Å². The molecule has 0 bridgehead atoms. The zero-order valence-corrected chi connectivity index (χ0v) is 12.3. The van der Waals surface area contributed by atoms with Crippen LogP contribution in [0, 0.1) is 0 Å². The third-order valence-corrected chi connectivity index (χ3v) is 4.77. The lowest BCUT2D eigenvalue weighted by molar-refractivity contribution is 1.25. The van der Waals surface area contributed by atoms with Crippen LogP contribution in [-0.2, 0) is 0 Å². The van der Waals surface area contributed by atoms with Gasteiger partial charge in [-0.1, -0.05) is 53.7 Å². The number of hydrogen-bond acceptors (Lipinski definition) is 3. The average molecular weight is 304 g/mol.